The molecule has 0 aromatic heterocycles. The van der Waals surface area contributed by atoms with Gasteiger partial charge >= 0.3 is 0 Å². The molecule has 2 aromatic rings. The predicted octanol–water partition coefficient (Wildman–Crippen LogP) is 5.15. The second-order valence-corrected chi connectivity index (χ2v) is 9.12. The Morgan fingerprint density at radius 1 is 0.967 bits per heavy atom. The van der Waals surface area contributed by atoms with Crippen LogP contribution in [0.5, 0.6) is 0 Å². The third kappa shape index (κ3) is 4.24. The highest BCUT2D eigenvalue weighted by atomic mass is 16.5. The average Bonchev–Trinajstić information content (AvgIpc) is 3.15. The van der Waals surface area contributed by atoms with Gasteiger partial charge < -0.3 is 14.5 Å². The van der Waals surface area contributed by atoms with Gasteiger partial charge in [-0.15, -0.1) is 0 Å². The van der Waals surface area contributed by atoms with Gasteiger partial charge in [0.2, 0.25) is 5.91 Å². The summed E-state index contributed by atoms with van der Waals surface area (Å²) in [5, 5.41) is 0. The second kappa shape index (κ2) is 8.81. The quantitative estimate of drug-likeness (QED) is 0.665. The van der Waals surface area contributed by atoms with E-state index in [1.807, 2.05) is 4.90 Å². The van der Waals surface area contributed by atoms with Crippen molar-refractivity contribution >= 4 is 17.3 Å². The Kier molecular flexibility index (Phi) is 6.14. The lowest BCUT2D eigenvalue weighted by molar-refractivity contribution is -0.120. The Labute approximate surface area is 180 Å². The number of methoxy groups -OCH3 is 1. The van der Waals surface area contributed by atoms with Crippen LogP contribution in [0.25, 0.3) is 0 Å². The van der Waals surface area contributed by atoms with Gasteiger partial charge in [0, 0.05) is 44.0 Å². The van der Waals surface area contributed by atoms with E-state index >= 15 is 0 Å². The highest BCUT2D eigenvalue weighted by molar-refractivity contribution is 5.97. The normalized spacial score (nSPS) is 20.1. The van der Waals surface area contributed by atoms with Gasteiger partial charge in [-0.25, -0.2) is 0 Å². The number of anilines is 2. The maximum Gasteiger partial charge on any atom is 0.230 e. The number of rotatable bonds is 6. The summed E-state index contributed by atoms with van der Waals surface area (Å²) in [5.74, 6) is 0.313. The summed E-state index contributed by atoms with van der Waals surface area (Å²) in [6.07, 6.45) is 5.60. The van der Waals surface area contributed by atoms with Crippen LogP contribution < -0.4 is 9.80 Å². The molecule has 2 heterocycles. The van der Waals surface area contributed by atoms with Crippen LogP contribution in [0.3, 0.4) is 0 Å². The molecule has 0 spiro atoms. The van der Waals surface area contributed by atoms with Crippen molar-refractivity contribution in [3.8, 4) is 0 Å². The van der Waals surface area contributed by atoms with E-state index < -0.39 is 0 Å². The number of carbonyl (C=O) groups is 1. The topological polar surface area (TPSA) is 32.8 Å². The predicted molar refractivity (Wildman–Crippen MR) is 123 cm³/mol. The van der Waals surface area contributed by atoms with E-state index in [-0.39, 0.29) is 17.4 Å². The Balaban J connectivity index is 1.47. The van der Waals surface area contributed by atoms with E-state index in [1.54, 1.807) is 7.11 Å². The summed E-state index contributed by atoms with van der Waals surface area (Å²) in [7, 11) is 1.73. The first-order valence-electron chi connectivity index (χ1n) is 11.3. The summed E-state index contributed by atoms with van der Waals surface area (Å²) in [4.78, 5) is 17.7. The molecule has 4 heteroatoms. The number of nitrogens with zero attached hydrogens (tertiary/aromatic N) is 2. The van der Waals surface area contributed by atoms with Crippen molar-refractivity contribution in [1.29, 1.82) is 0 Å². The second-order valence-electron chi connectivity index (χ2n) is 9.12. The Morgan fingerprint density at radius 3 is 2.37 bits per heavy atom. The van der Waals surface area contributed by atoms with Gasteiger partial charge in [-0.05, 0) is 75.3 Å². The highest BCUT2D eigenvalue weighted by Crippen LogP contribution is 2.33. The largest absolute Gasteiger partial charge is 0.374 e. The molecule has 1 atom stereocenters. The molecular weight excluding hydrogens is 372 g/mol. The molecule has 4 rings (SSSR count). The minimum absolute atomic E-state index is 0.0611. The Hall–Kier alpha value is -2.33. The molecular formula is C26H34N2O2. The first-order chi connectivity index (χ1) is 14.5. The minimum Gasteiger partial charge on any atom is -0.374 e. The summed E-state index contributed by atoms with van der Waals surface area (Å²) >= 11 is 0. The smallest absolute Gasteiger partial charge is 0.230 e. The number of hydrogen-bond donors (Lipinski definition) is 0. The molecule has 2 saturated heterocycles. The SMILES string of the molecule is COC(C)(C)c1ccc(N2CC[C@@H](Cc3ccccc3N3CCCCC3)C2=O)cc1. The van der Waals surface area contributed by atoms with Gasteiger partial charge in [0.25, 0.3) is 0 Å². The molecule has 0 N–H and O–H groups in total. The third-order valence-corrected chi connectivity index (χ3v) is 6.86. The molecule has 0 unspecified atom stereocenters. The molecule has 2 aliphatic heterocycles. The molecule has 0 bridgehead atoms. The molecule has 2 fully saturated rings. The van der Waals surface area contributed by atoms with Crippen molar-refractivity contribution in [2.45, 2.75) is 51.6 Å². The van der Waals surface area contributed by atoms with Gasteiger partial charge in [-0.2, -0.15) is 0 Å². The maximum absolute atomic E-state index is 13.2. The highest BCUT2D eigenvalue weighted by Gasteiger charge is 2.33. The lowest BCUT2D eigenvalue weighted by Crippen LogP contribution is -2.31. The van der Waals surface area contributed by atoms with Crippen molar-refractivity contribution in [3.63, 3.8) is 0 Å². The fraction of sp³-hybridized carbons (Fsp3) is 0.500. The van der Waals surface area contributed by atoms with E-state index in [9.17, 15) is 4.79 Å². The van der Waals surface area contributed by atoms with Crippen LogP contribution in [0.4, 0.5) is 11.4 Å². The molecule has 1 amide bonds. The molecule has 0 radical (unpaired) electrons. The van der Waals surface area contributed by atoms with E-state index in [0.717, 1.165) is 43.7 Å². The number of para-hydroxylation sites is 1. The fourth-order valence-corrected chi connectivity index (χ4v) is 4.74. The summed E-state index contributed by atoms with van der Waals surface area (Å²) < 4.78 is 5.57. The van der Waals surface area contributed by atoms with Crippen molar-refractivity contribution in [3.05, 3.63) is 59.7 Å². The van der Waals surface area contributed by atoms with Crippen LogP contribution in [-0.2, 0) is 21.6 Å². The number of carbonyl (C=O) groups excluding carboxylic acids is 1. The lowest BCUT2D eigenvalue weighted by atomic mass is 9.95. The first kappa shape index (κ1) is 20.9. The van der Waals surface area contributed by atoms with Crippen LogP contribution in [0, 0.1) is 5.92 Å². The lowest BCUT2D eigenvalue weighted by Gasteiger charge is -2.31. The zero-order valence-electron chi connectivity index (χ0n) is 18.6. The number of piperidine rings is 1. The number of amides is 1. The van der Waals surface area contributed by atoms with E-state index in [2.05, 4.69) is 67.3 Å². The van der Waals surface area contributed by atoms with Crippen molar-refractivity contribution in [2.75, 3.05) is 36.5 Å². The zero-order chi connectivity index (χ0) is 21.1. The van der Waals surface area contributed by atoms with Gasteiger partial charge in [0.1, 0.15) is 0 Å². The van der Waals surface area contributed by atoms with Crippen LogP contribution in [0.15, 0.2) is 48.5 Å². The fourth-order valence-electron chi connectivity index (χ4n) is 4.74. The summed E-state index contributed by atoms with van der Waals surface area (Å²) in [6, 6.07) is 16.9. The standard InChI is InChI=1S/C26H34N2O2/c1-26(2,30-3)22-11-13-23(14-12-22)28-18-15-21(25(28)29)19-20-9-5-6-10-24(20)27-16-7-4-8-17-27/h5-6,9-14,21H,4,7-8,15-19H2,1-3H3/t21-/m0/s1. The van der Waals surface area contributed by atoms with Gasteiger partial charge in [0.05, 0.1) is 5.60 Å². The van der Waals surface area contributed by atoms with Crippen molar-refractivity contribution < 1.29 is 9.53 Å². The van der Waals surface area contributed by atoms with Gasteiger partial charge in [-0.1, -0.05) is 30.3 Å². The maximum atomic E-state index is 13.2. The molecule has 30 heavy (non-hydrogen) atoms. The molecule has 4 nitrogen and oxygen atoms in total. The third-order valence-electron chi connectivity index (χ3n) is 6.86. The molecule has 2 aromatic carbocycles. The molecule has 0 saturated carbocycles. The van der Waals surface area contributed by atoms with Crippen LogP contribution in [0.1, 0.15) is 50.7 Å². The van der Waals surface area contributed by atoms with E-state index in [4.69, 9.17) is 4.74 Å². The Morgan fingerprint density at radius 2 is 1.67 bits per heavy atom. The molecule has 0 aliphatic carbocycles. The number of ether oxygens (including phenoxy) is 1. The van der Waals surface area contributed by atoms with Crippen molar-refractivity contribution in [1.82, 2.24) is 0 Å². The summed E-state index contributed by atoms with van der Waals surface area (Å²) in [6.45, 7) is 7.16. The number of benzene rings is 2. The molecule has 160 valence electrons. The van der Waals surface area contributed by atoms with Crippen LogP contribution in [-0.4, -0.2) is 32.7 Å². The zero-order valence-corrected chi connectivity index (χ0v) is 18.6. The monoisotopic (exact) mass is 406 g/mol. The van der Waals surface area contributed by atoms with Gasteiger partial charge in [0.15, 0.2) is 0 Å². The summed E-state index contributed by atoms with van der Waals surface area (Å²) in [5.41, 5.74) is 4.43. The Bertz CT molecular complexity index is 869. The first-order valence-corrected chi connectivity index (χ1v) is 11.3. The van der Waals surface area contributed by atoms with Gasteiger partial charge in [-0.3, -0.25) is 4.79 Å². The number of hydrogen-bond acceptors (Lipinski definition) is 3. The minimum atomic E-state index is -0.325. The van der Waals surface area contributed by atoms with E-state index in [1.165, 1.54) is 30.5 Å². The average molecular weight is 407 g/mol. The van der Waals surface area contributed by atoms with Crippen molar-refractivity contribution in [2.24, 2.45) is 5.92 Å². The van der Waals surface area contributed by atoms with E-state index in [0.29, 0.717) is 0 Å². The van der Waals surface area contributed by atoms with Crippen LogP contribution >= 0.6 is 0 Å². The van der Waals surface area contributed by atoms with Crippen LogP contribution in [0.2, 0.25) is 0 Å². The molecule has 2 aliphatic rings.